The summed E-state index contributed by atoms with van der Waals surface area (Å²) < 4.78 is 4.33. The van der Waals surface area contributed by atoms with E-state index in [0.29, 0.717) is 0 Å². The Bertz CT molecular complexity index is 292. The van der Waals surface area contributed by atoms with Crippen molar-refractivity contribution in [3.63, 3.8) is 0 Å². The second-order valence-electron chi connectivity index (χ2n) is 3.34. The first kappa shape index (κ1) is 9.22. The van der Waals surface area contributed by atoms with Crippen molar-refractivity contribution in [2.45, 2.75) is 31.1 Å². The van der Waals surface area contributed by atoms with Crippen molar-refractivity contribution in [2.75, 3.05) is 0 Å². The minimum absolute atomic E-state index is 0.208. The molecule has 0 N–H and O–H groups in total. The van der Waals surface area contributed by atoms with Crippen LogP contribution >= 0.6 is 23.1 Å². The fourth-order valence-electron chi connectivity index (χ4n) is 1.63. The van der Waals surface area contributed by atoms with E-state index in [1.54, 1.807) is 0 Å². The first-order valence-corrected chi connectivity index (χ1v) is 5.89. The van der Waals surface area contributed by atoms with E-state index in [4.69, 9.17) is 11.6 Å². The molecule has 1 nitrogen and oxygen atoms in total. The van der Waals surface area contributed by atoms with E-state index in [2.05, 4.69) is 16.5 Å². The fraction of sp³-hybridized carbons (Fsp3) is 0.500. The molecular weight excluding hydrogens is 202 g/mol. The van der Waals surface area contributed by atoms with E-state index in [-0.39, 0.29) is 5.38 Å². The molecule has 1 atom stereocenters. The maximum absolute atomic E-state index is 6.13. The topological polar surface area (TPSA) is 12.9 Å². The molecule has 0 saturated heterocycles. The van der Waals surface area contributed by atoms with Crippen LogP contribution in [0, 0.1) is 0 Å². The predicted octanol–water partition coefficient (Wildman–Crippen LogP) is 3.71. The van der Waals surface area contributed by atoms with E-state index < -0.39 is 0 Å². The third kappa shape index (κ3) is 2.32. The Kier molecular flexibility index (Phi) is 3.01. The quantitative estimate of drug-likeness (QED) is 0.649. The van der Waals surface area contributed by atoms with Gasteiger partial charge in [-0.15, -0.1) is 11.6 Å². The molecule has 1 aliphatic carbocycles. The Hall–Kier alpha value is -0.340. The molecule has 1 unspecified atom stereocenters. The summed E-state index contributed by atoms with van der Waals surface area (Å²) in [6.45, 7) is 0. The molecule has 13 heavy (non-hydrogen) atoms. The highest BCUT2D eigenvalue weighted by Gasteiger charge is 2.11. The molecule has 0 bridgehead atoms. The Morgan fingerprint density at radius 2 is 2.38 bits per heavy atom. The van der Waals surface area contributed by atoms with Crippen LogP contribution in [0.1, 0.15) is 31.4 Å². The Balaban J connectivity index is 2.21. The summed E-state index contributed by atoms with van der Waals surface area (Å²) in [6, 6.07) is 2.07. The third-order valence-corrected chi connectivity index (χ3v) is 3.23. The highest BCUT2D eigenvalue weighted by molar-refractivity contribution is 7.03. The smallest absolute Gasteiger partial charge is 0.0797 e. The molecule has 0 spiro atoms. The lowest BCUT2D eigenvalue weighted by atomic mass is 10.1. The molecule has 2 rings (SSSR count). The van der Waals surface area contributed by atoms with Crippen LogP contribution in [0.3, 0.4) is 0 Å². The number of alkyl halides is 1. The van der Waals surface area contributed by atoms with Crippen LogP contribution < -0.4 is 0 Å². The summed E-state index contributed by atoms with van der Waals surface area (Å²) in [6.07, 6.45) is 6.89. The second kappa shape index (κ2) is 4.25. The zero-order valence-electron chi connectivity index (χ0n) is 7.37. The zero-order chi connectivity index (χ0) is 9.10. The van der Waals surface area contributed by atoms with Gasteiger partial charge in [-0.1, -0.05) is 12.5 Å². The van der Waals surface area contributed by atoms with Crippen LogP contribution in [-0.2, 0) is 0 Å². The molecule has 0 saturated carbocycles. The molecule has 1 aromatic rings. The average Bonchev–Trinajstić information content (AvgIpc) is 2.56. The van der Waals surface area contributed by atoms with Crippen LogP contribution in [0.5, 0.6) is 0 Å². The van der Waals surface area contributed by atoms with Gasteiger partial charge in [0.1, 0.15) is 0 Å². The first-order valence-electron chi connectivity index (χ1n) is 4.62. The van der Waals surface area contributed by atoms with Crippen LogP contribution in [0.15, 0.2) is 17.5 Å². The molecule has 0 aromatic carbocycles. The number of rotatable bonds is 1. The fourth-order valence-corrected chi connectivity index (χ4v) is 2.48. The Morgan fingerprint density at radius 1 is 1.46 bits per heavy atom. The summed E-state index contributed by atoms with van der Waals surface area (Å²) >= 11 is 7.64. The second-order valence-corrected chi connectivity index (χ2v) is 4.56. The van der Waals surface area contributed by atoms with Crippen molar-refractivity contribution in [1.82, 2.24) is 4.37 Å². The lowest BCUT2D eigenvalue weighted by Crippen LogP contribution is -1.91. The third-order valence-electron chi connectivity index (χ3n) is 2.32. The van der Waals surface area contributed by atoms with Gasteiger partial charge in [0, 0.05) is 5.38 Å². The summed E-state index contributed by atoms with van der Waals surface area (Å²) in [5.41, 5.74) is 2.45. The van der Waals surface area contributed by atoms with E-state index in [1.165, 1.54) is 29.9 Å². The first-order chi connectivity index (χ1) is 6.36. The Morgan fingerprint density at radius 3 is 3.15 bits per heavy atom. The number of hydrogen-bond donors (Lipinski definition) is 0. The lowest BCUT2D eigenvalue weighted by molar-refractivity contribution is 0.723. The number of halogens is 1. The maximum Gasteiger partial charge on any atom is 0.0797 e. The lowest BCUT2D eigenvalue weighted by Gasteiger charge is -2.00. The van der Waals surface area contributed by atoms with Gasteiger partial charge in [-0.3, -0.25) is 0 Å². The van der Waals surface area contributed by atoms with Gasteiger partial charge in [-0.2, -0.15) is 4.37 Å². The van der Waals surface area contributed by atoms with Crippen molar-refractivity contribution in [3.05, 3.63) is 23.2 Å². The van der Waals surface area contributed by atoms with Gasteiger partial charge in [0.15, 0.2) is 0 Å². The minimum Gasteiger partial charge on any atom is -0.193 e. The maximum atomic E-state index is 6.13. The summed E-state index contributed by atoms with van der Waals surface area (Å²) in [7, 11) is 0. The van der Waals surface area contributed by atoms with Gasteiger partial charge in [0.05, 0.1) is 11.1 Å². The molecule has 0 amide bonds. The number of nitrogens with zero attached hydrogens (tertiary/aromatic N) is 1. The van der Waals surface area contributed by atoms with E-state index in [9.17, 15) is 0 Å². The molecular formula is C10H12ClNS. The van der Waals surface area contributed by atoms with Gasteiger partial charge in [-0.25, -0.2) is 0 Å². The highest BCUT2D eigenvalue weighted by atomic mass is 35.5. The number of allylic oxidation sites excluding steroid dienone is 2. The van der Waals surface area contributed by atoms with Gasteiger partial charge in [-0.05, 0) is 42.4 Å². The van der Waals surface area contributed by atoms with Crippen molar-refractivity contribution in [3.8, 4) is 0 Å². The molecule has 1 aliphatic rings. The van der Waals surface area contributed by atoms with Gasteiger partial charge < -0.3 is 0 Å². The zero-order valence-corrected chi connectivity index (χ0v) is 8.94. The minimum atomic E-state index is 0.208. The van der Waals surface area contributed by atoms with E-state index >= 15 is 0 Å². The van der Waals surface area contributed by atoms with Crippen molar-refractivity contribution in [1.29, 1.82) is 0 Å². The standard InChI is InChI=1S/C10H12ClNS/c11-9-4-2-1-3-8(7-9)10-5-6-13-12-10/h5-7,9H,1-4H2. The average molecular weight is 214 g/mol. The predicted molar refractivity (Wildman–Crippen MR) is 58.2 cm³/mol. The van der Waals surface area contributed by atoms with Gasteiger partial charge in [0.25, 0.3) is 0 Å². The van der Waals surface area contributed by atoms with E-state index in [0.717, 1.165) is 18.5 Å². The normalized spacial score (nSPS) is 23.8. The monoisotopic (exact) mass is 213 g/mol. The van der Waals surface area contributed by atoms with E-state index in [1.807, 2.05) is 5.38 Å². The molecule has 1 aromatic heterocycles. The largest absolute Gasteiger partial charge is 0.193 e. The van der Waals surface area contributed by atoms with Crippen molar-refractivity contribution in [2.24, 2.45) is 0 Å². The van der Waals surface area contributed by atoms with Crippen LogP contribution in [0.25, 0.3) is 5.57 Å². The van der Waals surface area contributed by atoms with Gasteiger partial charge in [0.2, 0.25) is 0 Å². The Labute approximate surface area is 87.6 Å². The van der Waals surface area contributed by atoms with Crippen LogP contribution in [0.2, 0.25) is 0 Å². The summed E-state index contributed by atoms with van der Waals surface area (Å²) in [5, 5.41) is 2.23. The van der Waals surface area contributed by atoms with Crippen LogP contribution in [0.4, 0.5) is 0 Å². The molecule has 70 valence electrons. The molecule has 0 radical (unpaired) electrons. The molecule has 0 fully saturated rings. The SMILES string of the molecule is ClC1C=C(c2ccsn2)CCCC1. The number of hydrogen-bond acceptors (Lipinski definition) is 2. The molecule has 3 heteroatoms. The summed E-state index contributed by atoms with van der Waals surface area (Å²) in [5.74, 6) is 0. The van der Waals surface area contributed by atoms with Crippen molar-refractivity contribution < 1.29 is 0 Å². The molecule has 0 aliphatic heterocycles. The van der Waals surface area contributed by atoms with Gasteiger partial charge >= 0.3 is 0 Å². The van der Waals surface area contributed by atoms with Crippen molar-refractivity contribution >= 4 is 28.7 Å². The summed E-state index contributed by atoms with van der Waals surface area (Å²) in [4.78, 5) is 0. The number of aromatic nitrogens is 1. The molecule has 1 heterocycles. The van der Waals surface area contributed by atoms with Crippen LogP contribution in [-0.4, -0.2) is 9.75 Å². The highest BCUT2D eigenvalue weighted by Crippen LogP contribution is 2.27.